The first kappa shape index (κ1) is 23.2. The van der Waals surface area contributed by atoms with Crippen LogP contribution < -0.4 is 4.80 Å². The molecule has 0 spiro atoms. The number of pyridine rings is 2. The first-order chi connectivity index (χ1) is 15.0. The standard InChI is InChI=1S/C18H13F3N6O3S2/c1-3-32(29,30)13-6-11(12-5-4-10(7-22)8-23-12)9-24-14(13)15(28)25-17-27(2)26-16(31-17)18(19,20)21/h4-6,8-9H,3H2,1-2H3/b25-17-. The molecule has 32 heavy (non-hydrogen) atoms. The molecule has 1 amide bonds. The molecule has 166 valence electrons. The average Bonchev–Trinajstić information content (AvgIpc) is 3.14. The van der Waals surface area contributed by atoms with Gasteiger partial charge in [-0.2, -0.15) is 28.5 Å². The molecule has 0 saturated carbocycles. The summed E-state index contributed by atoms with van der Waals surface area (Å²) in [5.74, 6) is -1.49. The van der Waals surface area contributed by atoms with Gasteiger partial charge in [-0.1, -0.05) is 18.3 Å². The summed E-state index contributed by atoms with van der Waals surface area (Å²) in [6.07, 6.45) is -2.23. The van der Waals surface area contributed by atoms with Crippen molar-refractivity contribution in [2.75, 3.05) is 5.75 Å². The topological polar surface area (TPSA) is 131 Å². The molecule has 9 nitrogen and oxygen atoms in total. The molecule has 0 aliphatic rings. The van der Waals surface area contributed by atoms with Crippen molar-refractivity contribution >= 4 is 27.1 Å². The Morgan fingerprint density at radius 3 is 2.53 bits per heavy atom. The minimum atomic E-state index is -4.72. The number of carbonyl (C=O) groups is 1. The van der Waals surface area contributed by atoms with Crippen LogP contribution in [0.4, 0.5) is 13.2 Å². The first-order valence-electron chi connectivity index (χ1n) is 8.76. The number of hydrogen-bond acceptors (Lipinski definition) is 8. The van der Waals surface area contributed by atoms with Gasteiger partial charge in [0.15, 0.2) is 9.84 Å². The smallest absolute Gasteiger partial charge is 0.265 e. The lowest BCUT2D eigenvalue weighted by molar-refractivity contribution is -0.138. The molecule has 0 fully saturated rings. The van der Waals surface area contributed by atoms with Gasteiger partial charge in [-0.3, -0.25) is 9.78 Å². The Morgan fingerprint density at radius 1 is 1.28 bits per heavy atom. The molecule has 0 saturated heterocycles. The van der Waals surface area contributed by atoms with Crippen molar-refractivity contribution in [3.63, 3.8) is 0 Å². The number of aromatic nitrogens is 4. The molecule has 3 heterocycles. The third-order valence-electron chi connectivity index (χ3n) is 4.10. The van der Waals surface area contributed by atoms with Crippen molar-refractivity contribution in [3.8, 4) is 17.3 Å². The minimum absolute atomic E-state index is 0.138. The Kier molecular flexibility index (Phi) is 6.24. The van der Waals surface area contributed by atoms with E-state index >= 15 is 0 Å². The van der Waals surface area contributed by atoms with Crippen LogP contribution in [0, 0.1) is 11.3 Å². The Balaban J connectivity index is 2.13. The van der Waals surface area contributed by atoms with Gasteiger partial charge in [0, 0.05) is 25.0 Å². The lowest BCUT2D eigenvalue weighted by Crippen LogP contribution is -2.18. The molecule has 3 aromatic rings. The second-order valence-corrected chi connectivity index (χ2v) is 9.45. The van der Waals surface area contributed by atoms with Gasteiger partial charge in [0.2, 0.25) is 9.81 Å². The van der Waals surface area contributed by atoms with Crippen molar-refractivity contribution in [3.05, 3.63) is 51.7 Å². The number of amides is 1. The van der Waals surface area contributed by atoms with Crippen molar-refractivity contribution < 1.29 is 26.4 Å². The molecule has 0 N–H and O–H groups in total. The number of alkyl halides is 3. The maximum atomic E-state index is 12.9. The fraction of sp³-hybridized carbons (Fsp3) is 0.222. The molecule has 0 radical (unpaired) electrons. The van der Waals surface area contributed by atoms with E-state index in [-0.39, 0.29) is 27.5 Å². The maximum Gasteiger partial charge on any atom is 0.445 e. The number of nitrogens with zero attached hydrogens (tertiary/aromatic N) is 6. The summed E-state index contributed by atoms with van der Waals surface area (Å²) in [6, 6.07) is 6.06. The highest BCUT2D eigenvalue weighted by Crippen LogP contribution is 2.29. The summed E-state index contributed by atoms with van der Waals surface area (Å²) < 4.78 is 64.5. The van der Waals surface area contributed by atoms with E-state index in [1.54, 1.807) is 0 Å². The number of hydrogen-bond donors (Lipinski definition) is 0. The second kappa shape index (κ2) is 8.60. The summed E-state index contributed by atoms with van der Waals surface area (Å²) in [4.78, 5) is 23.5. The molecule has 0 bridgehead atoms. The highest BCUT2D eigenvalue weighted by molar-refractivity contribution is 7.91. The van der Waals surface area contributed by atoms with Crippen LogP contribution in [-0.4, -0.2) is 39.8 Å². The predicted molar refractivity (Wildman–Crippen MR) is 106 cm³/mol. The van der Waals surface area contributed by atoms with Gasteiger partial charge >= 0.3 is 6.18 Å². The minimum Gasteiger partial charge on any atom is -0.265 e. The first-order valence-corrected chi connectivity index (χ1v) is 11.2. The molecule has 14 heteroatoms. The summed E-state index contributed by atoms with van der Waals surface area (Å²) in [5.41, 5.74) is 0.333. The lowest BCUT2D eigenvalue weighted by atomic mass is 10.1. The van der Waals surface area contributed by atoms with E-state index in [2.05, 4.69) is 20.1 Å². The number of halogens is 3. The third kappa shape index (κ3) is 4.73. The van der Waals surface area contributed by atoms with E-state index in [0.717, 1.165) is 4.68 Å². The summed E-state index contributed by atoms with van der Waals surface area (Å²) in [5, 5.41) is 10.9. The maximum absolute atomic E-state index is 12.9. The van der Waals surface area contributed by atoms with E-state index in [4.69, 9.17) is 5.26 Å². The number of carbonyl (C=O) groups excluding carboxylic acids is 1. The largest absolute Gasteiger partial charge is 0.445 e. The van der Waals surface area contributed by atoms with E-state index in [9.17, 15) is 26.4 Å². The average molecular weight is 482 g/mol. The molecule has 0 unspecified atom stereocenters. The quantitative estimate of drug-likeness (QED) is 0.558. The molecule has 0 aliphatic heterocycles. The van der Waals surface area contributed by atoms with Gasteiger partial charge in [0.25, 0.3) is 5.91 Å². The molecular weight excluding hydrogens is 469 g/mol. The molecule has 3 rings (SSSR count). The highest BCUT2D eigenvalue weighted by Gasteiger charge is 2.35. The Morgan fingerprint density at radius 2 is 2.00 bits per heavy atom. The highest BCUT2D eigenvalue weighted by atomic mass is 32.2. The van der Waals surface area contributed by atoms with Crippen LogP contribution in [0.5, 0.6) is 0 Å². The van der Waals surface area contributed by atoms with Crippen molar-refractivity contribution in [1.29, 1.82) is 5.26 Å². The zero-order valence-electron chi connectivity index (χ0n) is 16.5. The van der Waals surface area contributed by atoms with Crippen LogP contribution in [-0.2, 0) is 23.1 Å². The number of aryl methyl sites for hydroxylation is 1. The van der Waals surface area contributed by atoms with Gasteiger partial charge < -0.3 is 0 Å². The summed E-state index contributed by atoms with van der Waals surface area (Å²) >= 11 is 0.138. The van der Waals surface area contributed by atoms with Gasteiger partial charge in [0.05, 0.1) is 21.9 Å². The van der Waals surface area contributed by atoms with Gasteiger partial charge in [-0.05, 0) is 18.2 Å². The third-order valence-corrected chi connectivity index (χ3v) is 6.89. The molecule has 0 aromatic carbocycles. The lowest BCUT2D eigenvalue weighted by Gasteiger charge is -2.08. The van der Waals surface area contributed by atoms with Crippen LogP contribution >= 0.6 is 11.3 Å². The van der Waals surface area contributed by atoms with E-state index in [1.165, 1.54) is 44.6 Å². The normalized spacial score (nSPS) is 12.6. The van der Waals surface area contributed by atoms with E-state index < -0.39 is 37.5 Å². The van der Waals surface area contributed by atoms with Gasteiger partial charge in [0.1, 0.15) is 11.8 Å². The van der Waals surface area contributed by atoms with Gasteiger partial charge in [-0.15, -0.1) is 0 Å². The van der Waals surface area contributed by atoms with Crippen LogP contribution in [0.15, 0.2) is 40.5 Å². The SMILES string of the molecule is CCS(=O)(=O)c1cc(-c2ccc(C#N)cn2)cnc1C(=O)/N=c1\sc(C(F)(F)F)nn1C. The number of rotatable bonds is 4. The molecule has 0 aliphatic carbocycles. The number of nitriles is 1. The fourth-order valence-electron chi connectivity index (χ4n) is 2.47. The Hall–Kier alpha value is -3.44. The van der Waals surface area contributed by atoms with E-state index in [1.807, 2.05) is 6.07 Å². The number of sulfone groups is 1. The molecule has 0 atom stereocenters. The van der Waals surface area contributed by atoms with Gasteiger partial charge in [-0.25, -0.2) is 18.1 Å². The Bertz CT molecular complexity index is 1400. The van der Waals surface area contributed by atoms with Crippen LogP contribution in [0.3, 0.4) is 0 Å². The van der Waals surface area contributed by atoms with Crippen LogP contribution in [0.25, 0.3) is 11.3 Å². The van der Waals surface area contributed by atoms with E-state index in [0.29, 0.717) is 11.3 Å². The molecule has 3 aromatic heterocycles. The summed E-state index contributed by atoms with van der Waals surface area (Å²) in [7, 11) is -2.78. The summed E-state index contributed by atoms with van der Waals surface area (Å²) in [6.45, 7) is 1.37. The molecular formula is C18H13F3N6O3S2. The van der Waals surface area contributed by atoms with Crippen LogP contribution in [0.2, 0.25) is 0 Å². The predicted octanol–water partition coefficient (Wildman–Crippen LogP) is 2.36. The van der Waals surface area contributed by atoms with Crippen molar-refractivity contribution in [1.82, 2.24) is 19.7 Å². The Labute approximate surface area is 183 Å². The monoisotopic (exact) mass is 482 g/mol. The van der Waals surface area contributed by atoms with Crippen molar-refractivity contribution in [2.45, 2.75) is 18.0 Å². The fourth-order valence-corrected chi connectivity index (χ4v) is 4.28. The zero-order chi connectivity index (χ0) is 23.7. The second-order valence-electron chi connectivity index (χ2n) is 6.25. The van der Waals surface area contributed by atoms with Crippen LogP contribution in [0.1, 0.15) is 28.0 Å². The zero-order valence-corrected chi connectivity index (χ0v) is 18.1. The van der Waals surface area contributed by atoms with Crippen molar-refractivity contribution in [2.24, 2.45) is 12.0 Å².